The number of hydrogen-bond donors (Lipinski definition) is 2. The zero-order valence-electron chi connectivity index (χ0n) is 7.06. The molecule has 13 heavy (non-hydrogen) atoms. The second-order valence-electron chi connectivity index (χ2n) is 2.65. The fraction of sp³-hybridized carbons (Fsp3) is 0.333. The van der Waals surface area contributed by atoms with E-state index < -0.39 is 0 Å². The van der Waals surface area contributed by atoms with Gasteiger partial charge in [-0.2, -0.15) is 0 Å². The molecule has 1 rings (SSSR count). The van der Waals surface area contributed by atoms with Crippen LogP contribution < -0.4 is 5.32 Å². The van der Waals surface area contributed by atoms with Crippen LogP contribution in [0.1, 0.15) is 5.56 Å². The monoisotopic (exact) mass is 247 g/mol. The first-order valence-electron chi connectivity index (χ1n) is 3.99. The Balaban J connectivity index is 2.53. The van der Waals surface area contributed by atoms with Gasteiger partial charge in [-0.25, -0.2) is 4.39 Å². The minimum atomic E-state index is -0.258. The molecule has 1 aromatic carbocycles. The molecule has 0 atom stereocenters. The van der Waals surface area contributed by atoms with Gasteiger partial charge in [0.2, 0.25) is 0 Å². The second-order valence-corrected chi connectivity index (χ2v) is 3.50. The van der Waals surface area contributed by atoms with Crippen LogP contribution in [0.3, 0.4) is 0 Å². The smallest absolute Gasteiger partial charge is 0.137 e. The molecule has 2 nitrogen and oxygen atoms in total. The predicted molar refractivity (Wildman–Crippen MR) is 52.9 cm³/mol. The Morgan fingerprint density at radius 2 is 2.23 bits per heavy atom. The second kappa shape index (κ2) is 5.32. The third-order valence-corrected chi connectivity index (χ3v) is 2.21. The lowest BCUT2D eigenvalue weighted by molar-refractivity contribution is 0.292. The van der Waals surface area contributed by atoms with Crippen LogP contribution in [0, 0.1) is 5.82 Å². The zero-order chi connectivity index (χ0) is 9.68. The average molecular weight is 248 g/mol. The third kappa shape index (κ3) is 3.42. The van der Waals surface area contributed by atoms with Gasteiger partial charge < -0.3 is 10.4 Å². The maximum absolute atomic E-state index is 12.8. The molecule has 0 aliphatic carbocycles. The van der Waals surface area contributed by atoms with Crippen LogP contribution in [-0.2, 0) is 6.54 Å². The predicted octanol–water partition coefficient (Wildman–Crippen LogP) is 1.67. The van der Waals surface area contributed by atoms with Crippen LogP contribution in [0.5, 0.6) is 0 Å². The molecule has 0 spiro atoms. The molecule has 0 aromatic heterocycles. The minimum absolute atomic E-state index is 0.113. The minimum Gasteiger partial charge on any atom is -0.395 e. The Morgan fingerprint density at radius 1 is 1.46 bits per heavy atom. The molecule has 0 aliphatic heterocycles. The van der Waals surface area contributed by atoms with Crippen LogP contribution in [0.4, 0.5) is 4.39 Å². The van der Waals surface area contributed by atoms with Crippen molar-refractivity contribution >= 4 is 15.9 Å². The van der Waals surface area contributed by atoms with Gasteiger partial charge in [0.25, 0.3) is 0 Å². The van der Waals surface area contributed by atoms with Gasteiger partial charge in [0.1, 0.15) is 5.82 Å². The van der Waals surface area contributed by atoms with Crippen molar-refractivity contribution in [3.63, 3.8) is 0 Å². The molecule has 4 heteroatoms. The largest absolute Gasteiger partial charge is 0.395 e. The lowest BCUT2D eigenvalue weighted by Gasteiger charge is -2.03. The third-order valence-electron chi connectivity index (χ3n) is 1.60. The van der Waals surface area contributed by atoms with Gasteiger partial charge >= 0.3 is 0 Å². The summed E-state index contributed by atoms with van der Waals surface area (Å²) in [5.41, 5.74) is 0.988. The first kappa shape index (κ1) is 10.6. The molecule has 0 amide bonds. The van der Waals surface area contributed by atoms with E-state index in [9.17, 15) is 4.39 Å². The number of benzene rings is 1. The van der Waals surface area contributed by atoms with E-state index in [1.165, 1.54) is 6.07 Å². The van der Waals surface area contributed by atoms with Gasteiger partial charge in [-0.15, -0.1) is 0 Å². The van der Waals surface area contributed by atoms with Gasteiger partial charge in [0, 0.05) is 13.1 Å². The van der Waals surface area contributed by atoms with Crippen LogP contribution in [0.2, 0.25) is 0 Å². The summed E-state index contributed by atoms with van der Waals surface area (Å²) in [5.74, 6) is -0.258. The number of rotatable bonds is 4. The molecule has 0 bridgehead atoms. The molecule has 0 saturated carbocycles. The number of aliphatic hydroxyl groups excluding tert-OH is 1. The molecule has 1 aromatic rings. The van der Waals surface area contributed by atoms with Crippen LogP contribution >= 0.6 is 15.9 Å². The quantitative estimate of drug-likeness (QED) is 0.794. The topological polar surface area (TPSA) is 32.3 Å². The van der Waals surface area contributed by atoms with Gasteiger partial charge in [-0.05, 0) is 33.6 Å². The van der Waals surface area contributed by atoms with Gasteiger partial charge in [0.05, 0.1) is 11.1 Å². The molecule has 0 saturated heterocycles. The average Bonchev–Trinajstić information content (AvgIpc) is 2.12. The van der Waals surface area contributed by atoms with Crippen molar-refractivity contribution in [2.45, 2.75) is 6.54 Å². The van der Waals surface area contributed by atoms with E-state index in [0.717, 1.165) is 5.56 Å². The maximum atomic E-state index is 12.8. The normalized spacial score (nSPS) is 10.4. The van der Waals surface area contributed by atoms with E-state index in [1.807, 2.05) is 0 Å². The van der Waals surface area contributed by atoms with Gasteiger partial charge in [-0.1, -0.05) is 6.07 Å². The van der Waals surface area contributed by atoms with E-state index in [1.54, 1.807) is 12.1 Å². The fourth-order valence-corrected chi connectivity index (χ4v) is 1.39. The van der Waals surface area contributed by atoms with E-state index >= 15 is 0 Å². The van der Waals surface area contributed by atoms with Crippen molar-refractivity contribution in [3.8, 4) is 0 Å². The lowest BCUT2D eigenvalue weighted by atomic mass is 10.2. The van der Waals surface area contributed by atoms with Gasteiger partial charge in [-0.3, -0.25) is 0 Å². The number of aliphatic hydroxyl groups is 1. The Kier molecular flexibility index (Phi) is 4.35. The Labute approximate surface area is 84.9 Å². The summed E-state index contributed by atoms with van der Waals surface area (Å²) in [6.07, 6.45) is 0. The highest BCUT2D eigenvalue weighted by Crippen LogP contribution is 2.16. The summed E-state index contributed by atoms with van der Waals surface area (Å²) < 4.78 is 13.2. The highest BCUT2D eigenvalue weighted by Gasteiger charge is 1.99. The number of nitrogens with one attached hydrogen (secondary N) is 1. The highest BCUT2D eigenvalue weighted by atomic mass is 79.9. The first-order chi connectivity index (χ1) is 6.24. The molecule has 0 heterocycles. The van der Waals surface area contributed by atoms with Crippen molar-refractivity contribution in [2.24, 2.45) is 0 Å². The molecule has 0 fully saturated rings. The van der Waals surface area contributed by atoms with Crippen molar-refractivity contribution in [3.05, 3.63) is 34.1 Å². The molecule has 72 valence electrons. The highest BCUT2D eigenvalue weighted by molar-refractivity contribution is 9.10. The summed E-state index contributed by atoms with van der Waals surface area (Å²) in [4.78, 5) is 0. The van der Waals surface area contributed by atoms with E-state index in [4.69, 9.17) is 5.11 Å². The van der Waals surface area contributed by atoms with Crippen molar-refractivity contribution < 1.29 is 9.50 Å². The summed E-state index contributed by atoms with van der Waals surface area (Å²) >= 11 is 3.10. The molecular weight excluding hydrogens is 237 g/mol. The summed E-state index contributed by atoms with van der Waals surface area (Å²) in [7, 11) is 0. The van der Waals surface area contributed by atoms with Crippen molar-refractivity contribution in [2.75, 3.05) is 13.2 Å². The maximum Gasteiger partial charge on any atom is 0.137 e. The van der Waals surface area contributed by atoms with Gasteiger partial charge in [0.15, 0.2) is 0 Å². The Bertz CT molecular complexity index is 280. The lowest BCUT2D eigenvalue weighted by Crippen LogP contribution is -2.17. The molecule has 0 unspecified atom stereocenters. The Morgan fingerprint density at radius 3 is 2.85 bits per heavy atom. The molecular formula is C9H11BrFNO. The van der Waals surface area contributed by atoms with E-state index in [0.29, 0.717) is 17.6 Å². The van der Waals surface area contributed by atoms with Crippen LogP contribution in [0.15, 0.2) is 22.7 Å². The summed E-state index contributed by atoms with van der Waals surface area (Å²) in [6.45, 7) is 1.30. The van der Waals surface area contributed by atoms with Crippen molar-refractivity contribution in [1.29, 1.82) is 0 Å². The first-order valence-corrected chi connectivity index (χ1v) is 4.79. The fourth-order valence-electron chi connectivity index (χ4n) is 0.961. The van der Waals surface area contributed by atoms with Crippen molar-refractivity contribution in [1.82, 2.24) is 5.32 Å². The number of halogens is 2. The van der Waals surface area contributed by atoms with E-state index in [2.05, 4.69) is 21.2 Å². The zero-order valence-corrected chi connectivity index (χ0v) is 8.64. The summed E-state index contributed by atoms with van der Waals surface area (Å²) in [6, 6.07) is 4.85. The van der Waals surface area contributed by atoms with Crippen LogP contribution in [-0.4, -0.2) is 18.3 Å². The summed E-state index contributed by atoms with van der Waals surface area (Å²) in [5, 5.41) is 11.5. The molecule has 0 aliphatic rings. The molecule has 2 N–H and O–H groups in total. The Hall–Kier alpha value is -0.450. The SMILES string of the molecule is OCCNCc1ccc(F)c(Br)c1. The standard InChI is InChI=1S/C9H11BrFNO/c10-8-5-7(1-2-9(8)11)6-12-3-4-13/h1-2,5,12-13H,3-4,6H2. The van der Waals surface area contributed by atoms with Crippen LogP contribution in [0.25, 0.3) is 0 Å². The van der Waals surface area contributed by atoms with E-state index in [-0.39, 0.29) is 12.4 Å². The number of hydrogen-bond acceptors (Lipinski definition) is 2. The molecule has 0 radical (unpaired) electrons.